The average Bonchev–Trinajstić information content (AvgIpc) is 3.24. The minimum atomic E-state index is -4.42. The Hall–Kier alpha value is -2.23. The summed E-state index contributed by atoms with van der Waals surface area (Å²) in [6, 6.07) is 3.42. The minimum Gasteiger partial charge on any atom is -0.370 e. The highest BCUT2D eigenvalue weighted by Gasteiger charge is 2.32. The number of hydrogen-bond acceptors (Lipinski definition) is 5. The quantitative estimate of drug-likeness (QED) is 0.801. The number of aryl methyl sites for hydroxylation is 1. The molecule has 1 aliphatic heterocycles. The van der Waals surface area contributed by atoms with Crippen LogP contribution in [0.1, 0.15) is 18.4 Å². The third-order valence-electron chi connectivity index (χ3n) is 4.05. The second kappa shape index (κ2) is 7.56. The first-order valence-electron chi connectivity index (χ1n) is 8.07. The third-order valence-corrected chi connectivity index (χ3v) is 5.08. The van der Waals surface area contributed by atoms with Crippen molar-refractivity contribution in [3.8, 4) is 0 Å². The number of rotatable bonds is 5. The van der Waals surface area contributed by atoms with Crippen LogP contribution in [0.3, 0.4) is 0 Å². The molecule has 0 radical (unpaired) electrons. The molecule has 0 saturated carbocycles. The fourth-order valence-electron chi connectivity index (χ4n) is 2.75. The lowest BCUT2D eigenvalue weighted by atomic mass is 10.1. The van der Waals surface area contributed by atoms with Gasteiger partial charge >= 0.3 is 6.18 Å². The molecule has 1 saturated heterocycles. The van der Waals surface area contributed by atoms with Crippen LogP contribution < -0.4 is 10.2 Å². The van der Waals surface area contributed by atoms with Gasteiger partial charge in [0.1, 0.15) is 6.33 Å². The van der Waals surface area contributed by atoms with Gasteiger partial charge in [-0.05, 0) is 31.0 Å². The highest BCUT2D eigenvalue weighted by atomic mass is 32.2. The number of benzene rings is 1. The van der Waals surface area contributed by atoms with E-state index in [0.29, 0.717) is 29.6 Å². The largest absolute Gasteiger partial charge is 0.416 e. The Kier molecular flexibility index (Phi) is 5.40. The van der Waals surface area contributed by atoms with Gasteiger partial charge in [-0.1, -0.05) is 11.8 Å². The monoisotopic (exact) mass is 385 g/mol. The lowest BCUT2D eigenvalue weighted by Gasteiger charge is -2.23. The van der Waals surface area contributed by atoms with Crippen molar-refractivity contribution in [2.24, 2.45) is 7.05 Å². The van der Waals surface area contributed by atoms with Gasteiger partial charge in [0.2, 0.25) is 5.91 Å². The molecule has 0 bridgehead atoms. The maximum Gasteiger partial charge on any atom is 0.416 e. The van der Waals surface area contributed by atoms with E-state index in [2.05, 4.69) is 15.5 Å². The van der Waals surface area contributed by atoms with Crippen LogP contribution in [0.15, 0.2) is 29.7 Å². The molecule has 6 nitrogen and oxygen atoms in total. The van der Waals surface area contributed by atoms with Crippen LogP contribution in [0.2, 0.25) is 0 Å². The number of alkyl halides is 3. The van der Waals surface area contributed by atoms with Crippen LogP contribution in [0.4, 0.5) is 24.5 Å². The Labute approximate surface area is 152 Å². The molecule has 0 spiro atoms. The Morgan fingerprint density at radius 3 is 2.65 bits per heavy atom. The molecule has 1 fully saturated rings. The summed E-state index contributed by atoms with van der Waals surface area (Å²) in [6.07, 6.45) is -1.04. The number of anilines is 2. The molecule has 1 aromatic heterocycles. The third kappa shape index (κ3) is 4.29. The van der Waals surface area contributed by atoms with E-state index in [1.165, 1.54) is 24.2 Å². The number of amides is 1. The Morgan fingerprint density at radius 2 is 2.04 bits per heavy atom. The van der Waals surface area contributed by atoms with Crippen LogP contribution in [-0.2, 0) is 18.0 Å². The zero-order valence-corrected chi connectivity index (χ0v) is 14.9. The van der Waals surface area contributed by atoms with E-state index >= 15 is 0 Å². The van der Waals surface area contributed by atoms with Gasteiger partial charge in [-0.2, -0.15) is 13.2 Å². The summed E-state index contributed by atoms with van der Waals surface area (Å²) in [7, 11) is 1.77. The number of hydrogen-bond donors (Lipinski definition) is 1. The zero-order valence-electron chi connectivity index (χ0n) is 14.1. The van der Waals surface area contributed by atoms with Crippen molar-refractivity contribution in [2.75, 3.05) is 29.1 Å². The number of halogens is 3. The van der Waals surface area contributed by atoms with Crippen LogP contribution >= 0.6 is 11.8 Å². The van der Waals surface area contributed by atoms with E-state index < -0.39 is 11.7 Å². The van der Waals surface area contributed by atoms with E-state index in [9.17, 15) is 18.0 Å². The lowest BCUT2D eigenvalue weighted by molar-refractivity contribution is -0.137. The SMILES string of the molecule is Cn1cnnc1SCC(=O)Nc1ccc(C(F)(F)F)cc1N1CCCC1. The van der Waals surface area contributed by atoms with Gasteiger partial charge in [0.05, 0.1) is 22.7 Å². The van der Waals surface area contributed by atoms with Crippen molar-refractivity contribution in [3.63, 3.8) is 0 Å². The van der Waals surface area contributed by atoms with Crippen LogP contribution in [-0.4, -0.2) is 39.5 Å². The highest BCUT2D eigenvalue weighted by molar-refractivity contribution is 7.99. The van der Waals surface area contributed by atoms with E-state index in [1.807, 2.05) is 4.90 Å². The van der Waals surface area contributed by atoms with E-state index in [0.717, 1.165) is 25.0 Å². The molecule has 1 aromatic carbocycles. The van der Waals surface area contributed by atoms with Gasteiger partial charge in [-0.3, -0.25) is 4.79 Å². The van der Waals surface area contributed by atoms with Crippen LogP contribution in [0.5, 0.6) is 0 Å². The standard InChI is InChI=1S/C16H18F3N5OS/c1-23-10-20-22-15(23)26-9-14(25)21-12-5-4-11(16(17,18)19)8-13(12)24-6-2-3-7-24/h4-5,8,10H,2-3,6-7,9H2,1H3,(H,21,25). The molecule has 1 aliphatic rings. The van der Waals surface area contributed by atoms with Crippen molar-refractivity contribution in [1.29, 1.82) is 0 Å². The number of aromatic nitrogens is 3. The smallest absolute Gasteiger partial charge is 0.370 e. The summed E-state index contributed by atoms with van der Waals surface area (Å²) >= 11 is 1.21. The maximum atomic E-state index is 13.0. The van der Waals surface area contributed by atoms with Crippen molar-refractivity contribution in [3.05, 3.63) is 30.1 Å². The summed E-state index contributed by atoms with van der Waals surface area (Å²) in [6.45, 7) is 1.36. The molecule has 1 amide bonds. The van der Waals surface area contributed by atoms with Crippen molar-refractivity contribution < 1.29 is 18.0 Å². The van der Waals surface area contributed by atoms with Gasteiger partial charge < -0.3 is 14.8 Å². The van der Waals surface area contributed by atoms with Gasteiger partial charge in [-0.15, -0.1) is 10.2 Å². The minimum absolute atomic E-state index is 0.0903. The Balaban J connectivity index is 1.75. The predicted octanol–water partition coefficient (Wildman–Crippen LogP) is 3.16. The number of carbonyl (C=O) groups excluding carboxylic acids is 1. The molecular weight excluding hydrogens is 367 g/mol. The van der Waals surface area contributed by atoms with Crippen molar-refractivity contribution >= 4 is 29.0 Å². The average molecular weight is 385 g/mol. The number of nitrogens with zero attached hydrogens (tertiary/aromatic N) is 4. The number of thioether (sulfide) groups is 1. The summed E-state index contributed by atoms with van der Waals surface area (Å²) in [5.41, 5.74) is 0.0867. The Morgan fingerprint density at radius 1 is 1.31 bits per heavy atom. The number of carbonyl (C=O) groups is 1. The molecule has 2 heterocycles. The van der Waals surface area contributed by atoms with E-state index in [1.54, 1.807) is 11.6 Å². The first-order chi connectivity index (χ1) is 12.3. The summed E-state index contributed by atoms with van der Waals surface area (Å²) in [5.74, 6) is -0.217. The topological polar surface area (TPSA) is 63.1 Å². The Bertz CT molecular complexity index is 786. The molecular formula is C16H18F3N5OS. The molecule has 3 rings (SSSR count). The van der Waals surface area contributed by atoms with Gasteiger partial charge in [0.25, 0.3) is 0 Å². The molecule has 1 N–H and O–H groups in total. The zero-order chi connectivity index (χ0) is 18.7. The lowest BCUT2D eigenvalue weighted by Crippen LogP contribution is -2.22. The fraction of sp³-hybridized carbons (Fsp3) is 0.438. The van der Waals surface area contributed by atoms with Crippen molar-refractivity contribution in [1.82, 2.24) is 14.8 Å². The molecule has 140 valence electrons. The molecule has 10 heteroatoms. The molecule has 2 aromatic rings. The fourth-order valence-corrected chi connectivity index (χ4v) is 3.44. The van der Waals surface area contributed by atoms with Crippen LogP contribution in [0, 0.1) is 0 Å². The summed E-state index contributed by atoms with van der Waals surface area (Å²) in [4.78, 5) is 14.1. The van der Waals surface area contributed by atoms with E-state index in [4.69, 9.17) is 0 Å². The first-order valence-corrected chi connectivity index (χ1v) is 9.06. The highest BCUT2D eigenvalue weighted by Crippen LogP contribution is 2.37. The van der Waals surface area contributed by atoms with Crippen molar-refractivity contribution in [2.45, 2.75) is 24.2 Å². The van der Waals surface area contributed by atoms with Crippen LogP contribution in [0.25, 0.3) is 0 Å². The molecule has 26 heavy (non-hydrogen) atoms. The predicted molar refractivity (Wildman–Crippen MR) is 93.2 cm³/mol. The maximum absolute atomic E-state index is 13.0. The molecule has 0 aliphatic carbocycles. The van der Waals surface area contributed by atoms with Gasteiger partial charge in [0, 0.05) is 20.1 Å². The summed E-state index contributed by atoms with van der Waals surface area (Å²) in [5, 5.41) is 10.9. The second-order valence-corrected chi connectivity index (χ2v) is 6.93. The molecule has 0 unspecified atom stereocenters. The number of nitrogens with one attached hydrogen (secondary N) is 1. The first kappa shape index (κ1) is 18.6. The molecule has 0 atom stereocenters. The van der Waals surface area contributed by atoms with E-state index in [-0.39, 0.29) is 11.7 Å². The van der Waals surface area contributed by atoms with Gasteiger partial charge in [0.15, 0.2) is 5.16 Å². The summed E-state index contributed by atoms with van der Waals surface area (Å²) < 4.78 is 40.8. The van der Waals surface area contributed by atoms with Gasteiger partial charge in [-0.25, -0.2) is 0 Å². The normalized spacial score (nSPS) is 14.7. The second-order valence-electron chi connectivity index (χ2n) is 5.99.